The molecule has 0 atom stereocenters. The molecule has 0 aliphatic heterocycles. The van der Waals surface area contributed by atoms with Crippen molar-refractivity contribution in [2.24, 2.45) is 0 Å². The van der Waals surface area contributed by atoms with Gasteiger partial charge in [0.1, 0.15) is 11.6 Å². The zero-order valence-electron chi connectivity index (χ0n) is 8.42. The second-order valence-electron chi connectivity index (χ2n) is 3.23. The van der Waals surface area contributed by atoms with Crippen LogP contribution in [0.2, 0.25) is 5.28 Å². The first-order valence-electron chi connectivity index (χ1n) is 4.56. The standard InChI is InChI=1S/C10H7ClF2N4/c11-10-15-4-8(14)9(17-10)16-7-2-5(12)1-6(13)3-7/h1-4H,14H2,(H,15,16,17). The lowest BCUT2D eigenvalue weighted by Crippen LogP contribution is -2.01. The van der Waals surface area contributed by atoms with Crippen molar-refractivity contribution in [3.05, 3.63) is 41.3 Å². The highest BCUT2D eigenvalue weighted by atomic mass is 35.5. The van der Waals surface area contributed by atoms with Crippen LogP contribution < -0.4 is 11.1 Å². The van der Waals surface area contributed by atoms with Gasteiger partial charge in [-0.1, -0.05) is 0 Å². The number of benzene rings is 1. The van der Waals surface area contributed by atoms with Crippen LogP contribution in [-0.2, 0) is 0 Å². The molecule has 0 radical (unpaired) electrons. The minimum Gasteiger partial charge on any atom is -0.394 e. The van der Waals surface area contributed by atoms with Crippen LogP contribution in [0.15, 0.2) is 24.4 Å². The molecule has 0 amide bonds. The van der Waals surface area contributed by atoms with E-state index in [1.165, 1.54) is 6.20 Å². The number of rotatable bonds is 2. The summed E-state index contributed by atoms with van der Waals surface area (Å²) in [5.41, 5.74) is 5.99. The van der Waals surface area contributed by atoms with E-state index in [0.717, 1.165) is 18.2 Å². The molecule has 2 aromatic rings. The van der Waals surface area contributed by atoms with Gasteiger partial charge in [-0.05, 0) is 23.7 Å². The summed E-state index contributed by atoms with van der Waals surface area (Å²) in [6.45, 7) is 0. The molecular weight excluding hydrogens is 250 g/mol. The third-order valence-electron chi connectivity index (χ3n) is 1.91. The fourth-order valence-electron chi connectivity index (χ4n) is 1.23. The predicted molar refractivity (Wildman–Crippen MR) is 61.1 cm³/mol. The maximum absolute atomic E-state index is 12.9. The van der Waals surface area contributed by atoms with E-state index >= 15 is 0 Å². The fraction of sp³-hybridized carbons (Fsp3) is 0. The molecule has 0 fully saturated rings. The van der Waals surface area contributed by atoms with Gasteiger partial charge in [-0.3, -0.25) is 0 Å². The van der Waals surface area contributed by atoms with E-state index in [0.29, 0.717) is 0 Å². The maximum Gasteiger partial charge on any atom is 0.224 e. The lowest BCUT2D eigenvalue weighted by Gasteiger charge is -2.08. The van der Waals surface area contributed by atoms with E-state index in [4.69, 9.17) is 17.3 Å². The Morgan fingerprint density at radius 2 is 1.82 bits per heavy atom. The highest BCUT2D eigenvalue weighted by Crippen LogP contribution is 2.22. The smallest absolute Gasteiger partial charge is 0.224 e. The van der Waals surface area contributed by atoms with E-state index in [-0.39, 0.29) is 22.5 Å². The molecule has 2 rings (SSSR count). The van der Waals surface area contributed by atoms with Gasteiger partial charge < -0.3 is 11.1 Å². The third kappa shape index (κ3) is 2.79. The Hall–Kier alpha value is -1.95. The number of aromatic nitrogens is 2. The molecule has 0 aliphatic rings. The molecular formula is C10H7ClF2N4. The van der Waals surface area contributed by atoms with Crippen LogP contribution >= 0.6 is 11.6 Å². The molecule has 0 bridgehead atoms. The molecule has 0 saturated carbocycles. The molecule has 4 nitrogen and oxygen atoms in total. The highest BCUT2D eigenvalue weighted by Gasteiger charge is 2.06. The first kappa shape index (κ1) is 11.5. The second kappa shape index (κ2) is 4.50. The summed E-state index contributed by atoms with van der Waals surface area (Å²) in [6, 6.07) is 2.98. The van der Waals surface area contributed by atoms with E-state index in [9.17, 15) is 8.78 Å². The Morgan fingerprint density at radius 1 is 1.18 bits per heavy atom. The van der Waals surface area contributed by atoms with Crippen LogP contribution in [0.3, 0.4) is 0 Å². The quantitative estimate of drug-likeness (QED) is 0.811. The van der Waals surface area contributed by atoms with Gasteiger partial charge in [-0.15, -0.1) is 0 Å². The van der Waals surface area contributed by atoms with E-state index in [2.05, 4.69) is 15.3 Å². The van der Waals surface area contributed by atoms with Crippen LogP contribution in [0.1, 0.15) is 0 Å². The first-order chi connectivity index (χ1) is 8.04. The van der Waals surface area contributed by atoms with Crippen molar-refractivity contribution in [3.8, 4) is 0 Å². The number of anilines is 3. The van der Waals surface area contributed by atoms with Crippen LogP contribution in [0.25, 0.3) is 0 Å². The Labute approximate surface area is 100 Å². The summed E-state index contributed by atoms with van der Waals surface area (Å²) >= 11 is 5.58. The number of nitrogens with one attached hydrogen (secondary N) is 1. The summed E-state index contributed by atoms with van der Waals surface area (Å²) in [4.78, 5) is 7.46. The number of halogens is 3. The molecule has 88 valence electrons. The minimum atomic E-state index is -0.703. The molecule has 1 aromatic carbocycles. The monoisotopic (exact) mass is 256 g/mol. The molecule has 1 heterocycles. The van der Waals surface area contributed by atoms with Gasteiger partial charge in [-0.2, -0.15) is 4.98 Å². The van der Waals surface area contributed by atoms with Gasteiger partial charge in [0.05, 0.1) is 11.9 Å². The average Bonchev–Trinajstić information content (AvgIpc) is 2.22. The fourth-order valence-corrected chi connectivity index (χ4v) is 1.37. The SMILES string of the molecule is Nc1cnc(Cl)nc1Nc1cc(F)cc(F)c1. The van der Waals surface area contributed by atoms with E-state index < -0.39 is 11.6 Å². The van der Waals surface area contributed by atoms with Gasteiger partial charge in [-0.25, -0.2) is 13.8 Å². The summed E-state index contributed by atoms with van der Waals surface area (Å²) in [5.74, 6) is -1.22. The Bertz CT molecular complexity index is 542. The average molecular weight is 257 g/mol. The molecule has 17 heavy (non-hydrogen) atoms. The van der Waals surface area contributed by atoms with Gasteiger partial charge in [0.2, 0.25) is 5.28 Å². The Kier molecular flexibility index (Phi) is 3.06. The number of nitrogen functional groups attached to an aromatic ring is 1. The van der Waals surface area contributed by atoms with Gasteiger partial charge in [0, 0.05) is 11.8 Å². The zero-order valence-corrected chi connectivity index (χ0v) is 9.17. The number of hydrogen-bond acceptors (Lipinski definition) is 4. The number of hydrogen-bond donors (Lipinski definition) is 2. The molecule has 0 unspecified atom stereocenters. The molecule has 7 heteroatoms. The van der Waals surface area contributed by atoms with Crippen molar-refractivity contribution in [1.29, 1.82) is 0 Å². The largest absolute Gasteiger partial charge is 0.394 e. The molecule has 0 spiro atoms. The summed E-state index contributed by atoms with van der Waals surface area (Å²) in [7, 11) is 0. The highest BCUT2D eigenvalue weighted by molar-refractivity contribution is 6.28. The van der Waals surface area contributed by atoms with Gasteiger partial charge >= 0.3 is 0 Å². The van der Waals surface area contributed by atoms with E-state index in [1.807, 2.05) is 0 Å². The molecule has 1 aromatic heterocycles. The normalized spacial score (nSPS) is 10.3. The van der Waals surface area contributed by atoms with E-state index in [1.54, 1.807) is 0 Å². The van der Waals surface area contributed by atoms with Crippen molar-refractivity contribution in [2.75, 3.05) is 11.1 Å². The maximum atomic E-state index is 12.9. The number of nitrogens with zero attached hydrogens (tertiary/aromatic N) is 2. The lowest BCUT2D eigenvalue weighted by atomic mass is 10.3. The summed E-state index contributed by atoms with van der Waals surface area (Å²) in [6.07, 6.45) is 1.30. The van der Waals surface area contributed by atoms with Gasteiger partial charge in [0.25, 0.3) is 0 Å². The molecule has 0 aliphatic carbocycles. The third-order valence-corrected chi connectivity index (χ3v) is 2.10. The van der Waals surface area contributed by atoms with Crippen LogP contribution in [0, 0.1) is 11.6 Å². The van der Waals surface area contributed by atoms with Crippen molar-refractivity contribution in [1.82, 2.24) is 9.97 Å². The van der Waals surface area contributed by atoms with Crippen LogP contribution in [0.4, 0.5) is 26.0 Å². The Balaban J connectivity index is 2.34. The number of nitrogens with two attached hydrogens (primary N) is 1. The minimum absolute atomic E-state index is 0.0152. The summed E-state index contributed by atoms with van der Waals surface area (Å²) < 4.78 is 25.9. The zero-order chi connectivity index (χ0) is 12.4. The first-order valence-corrected chi connectivity index (χ1v) is 4.93. The molecule has 0 saturated heterocycles. The van der Waals surface area contributed by atoms with Crippen molar-refractivity contribution >= 4 is 28.8 Å². The van der Waals surface area contributed by atoms with Crippen molar-refractivity contribution in [2.45, 2.75) is 0 Å². The lowest BCUT2D eigenvalue weighted by molar-refractivity contribution is 0.584. The Morgan fingerprint density at radius 3 is 2.47 bits per heavy atom. The van der Waals surface area contributed by atoms with Crippen LogP contribution in [-0.4, -0.2) is 9.97 Å². The summed E-state index contributed by atoms with van der Waals surface area (Å²) in [5, 5.41) is 2.64. The van der Waals surface area contributed by atoms with Gasteiger partial charge in [0.15, 0.2) is 5.82 Å². The van der Waals surface area contributed by atoms with Crippen LogP contribution in [0.5, 0.6) is 0 Å². The van der Waals surface area contributed by atoms with Crippen molar-refractivity contribution in [3.63, 3.8) is 0 Å². The predicted octanol–water partition coefficient (Wildman–Crippen LogP) is 2.73. The van der Waals surface area contributed by atoms with Crippen molar-refractivity contribution < 1.29 is 8.78 Å². The topological polar surface area (TPSA) is 63.8 Å². The molecule has 3 N–H and O–H groups in total. The second-order valence-corrected chi connectivity index (χ2v) is 3.56.